The maximum Gasteiger partial charge on any atom is 0.338 e. The van der Waals surface area contributed by atoms with Gasteiger partial charge in [-0.05, 0) is 105 Å². The smallest absolute Gasteiger partial charge is 0.338 e. The molecule has 32 heavy (non-hydrogen) atoms. The molecule has 0 fully saturated rings. The highest BCUT2D eigenvalue weighted by Gasteiger charge is 2.34. The van der Waals surface area contributed by atoms with E-state index >= 15 is 0 Å². The molecule has 1 aliphatic rings. The van der Waals surface area contributed by atoms with E-state index in [4.69, 9.17) is 4.74 Å². The first-order valence-electron chi connectivity index (χ1n) is 11.6. The molecule has 0 heterocycles. The molecule has 2 nitrogen and oxygen atoms in total. The second kappa shape index (κ2) is 8.02. The van der Waals surface area contributed by atoms with Crippen LogP contribution in [-0.4, -0.2) is 13.1 Å². The number of fused-ring (bicyclic) bond motifs is 3. The van der Waals surface area contributed by atoms with E-state index in [-0.39, 0.29) is 11.4 Å². The van der Waals surface area contributed by atoms with Gasteiger partial charge >= 0.3 is 5.97 Å². The van der Waals surface area contributed by atoms with Crippen molar-refractivity contribution < 1.29 is 9.53 Å². The van der Waals surface area contributed by atoms with Crippen LogP contribution in [0.25, 0.3) is 33.0 Å². The highest BCUT2D eigenvalue weighted by Crippen LogP contribution is 2.56. The van der Waals surface area contributed by atoms with E-state index in [2.05, 4.69) is 82.6 Å². The molecule has 0 N–H and O–H groups in total. The van der Waals surface area contributed by atoms with Crippen LogP contribution in [0.3, 0.4) is 0 Å². The Morgan fingerprint density at radius 1 is 0.938 bits per heavy atom. The largest absolute Gasteiger partial charge is 0.465 e. The molecule has 1 aliphatic carbocycles. The van der Waals surface area contributed by atoms with E-state index in [1.165, 1.54) is 62.4 Å². The first-order chi connectivity index (χ1) is 15.1. The Morgan fingerprint density at radius 3 is 2.19 bits per heavy atom. The molecule has 0 aromatic heterocycles. The first kappa shape index (κ1) is 23.0. The number of benzene rings is 3. The lowest BCUT2D eigenvalue weighted by Crippen LogP contribution is -2.13. The predicted molar refractivity (Wildman–Crippen MR) is 139 cm³/mol. The normalized spacial score (nSPS) is 12.4. The van der Waals surface area contributed by atoms with Gasteiger partial charge in [-0.15, -0.1) is 0 Å². The number of hydrogen-bond donors (Lipinski definition) is 0. The molecule has 4 rings (SSSR count). The molecule has 0 saturated carbocycles. The minimum atomic E-state index is -0.253. The minimum Gasteiger partial charge on any atom is -0.465 e. The zero-order valence-corrected chi connectivity index (χ0v) is 22.1. The number of aryl methyl sites for hydroxylation is 2. The van der Waals surface area contributed by atoms with Crippen LogP contribution in [0.2, 0.25) is 0 Å². The standard InChI is InChI=1S/C29H33BrO2/c1-9-11-18-12-19(28(31)32-8)15(3)23-25-17(10-2)13-21(29(5,6)7)20-14-22(30)16(4)24(26(18)23)27(20)25/h12-14H,9-11H2,1-8H3. The fraction of sp³-hybridized carbons (Fsp3) is 0.414. The van der Waals surface area contributed by atoms with Gasteiger partial charge in [0.15, 0.2) is 0 Å². The average Bonchev–Trinajstić information content (AvgIpc) is 3.10. The number of carbonyl (C=O) groups excluding carboxylic acids is 1. The molecule has 3 heteroatoms. The zero-order chi connectivity index (χ0) is 23.5. The van der Waals surface area contributed by atoms with Crippen LogP contribution in [0, 0.1) is 13.8 Å². The summed E-state index contributed by atoms with van der Waals surface area (Å²) < 4.78 is 6.32. The Morgan fingerprint density at radius 2 is 1.62 bits per heavy atom. The summed E-state index contributed by atoms with van der Waals surface area (Å²) in [7, 11) is 1.47. The summed E-state index contributed by atoms with van der Waals surface area (Å²) in [6.07, 6.45) is 2.91. The molecule has 0 aliphatic heterocycles. The lowest BCUT2D eigenvalue weighted by Gasteiger charge is -2.25. The Hall–Kier alpha value is -2.13. The van der Waals surface area contributed by atoms with Crippen molar-refractivity contribution in [2.75, 3.05) is 7.11 Å². The summed E-state index contributed by atoms with van der Waals surface area (Å²) in [4.78, 5) is 12.7. The number of rotatable bonds is 4. The quantitative estimate of drug-likeness (QED) is 0.267. The third-order valence-corrected chi connectivity index (χ3v) is 7.81. The SMILES string of the molecule is CCCc1cc(C(=O)OC)c(C)c2c1-c1c(C)c(Br)cc3c(C(C)(C)C)cc(CC)c-2c13. The van der Waals surface area contributed by atoms with Crippen molar-refractivity contribution in [2.24, 2.45) is 0 Å². The monoisotopic (exact) mass is 492 g/mol. The Bertz CT molecular complexity index is 1280. The fourth-order valence-corrected chi connectivity index (χ4v) is 5.85. The van der Waals surface area contributed by atoms with Crippen LogP contribution in [-0.2, 0) is 23.0 Å². The molecule has 0 amide bonds. The van der Waals surface area contributed by atoms with Crippen molar-refractivity contribution in [3.05, 3.63) is 56.1 Å². The maximum absolute atomic E-state index is 12.7. The van der Waals surface area contributed by atoms with Crippen molar-refractivity contribution in [3.63, 3.8) is 0 Å². The van der Waals surface area contributed by atoms with Crippen LogP contribution in [0.5, 0.6) is 0 Å². The first-order valence-corrected chi connectivity index (χ1v) is 12.4. The summed E-state index contributed by atoms with van der Waals surface area (Å²) in [5.74, 6) is -0.253. The highest BCUT2D eigenvalue weighted by atomic mass is 79.9. The molecule has 3 aromatic rings. The molecule has 0 radical (unpaired) electrons. The third-order valence-electron chi connectivity index (χ3n) is 6.99. The maximum atomic E-state index is 12.7. The number of esters is 1. The zero-order valence-electron chi connectivity index (χ0n) is 20.5. The van der Waals surface area contributed by atoms with E-state index in [0.717, 1.165) is 29.3 Å². The van der Waals surface area contributed by atoms with Gasteiger partial charge in [0.1, 0.15) is 0 Å². The molecule has 0 spiro atoms. The minimum absolute atomic E-state index is 0.0294. The van der Waals surface area contributed by atoms with E-state index in [9.17, 15) is 4.79 Å². The third kappa shape index (κ3) is 3.23. The fourth-order valence-electron chi connectivity index (χ4n) is 5.43. The van der Waals surface area contributed by atoms with Crippen molar-refractivity contribution in [1.29, 1.82) is 0 Å². The Labute approximate surface area is 200 Å². The van der Waals surface area contributed by atoms with Gasteiger partial charge in [-0.2, -0.15) is 0 Å². The Balaban J connectivity index is 2.30. The van der Waals surface area contributed by atoms with Crippen molar-refractivity contribution in [2.45, 2.75) is 73.1 Å². The average molecular weight is 493 g/mol. The summed E-state index contributed by atoms with van der Waals surface area (Å²) in [6, 6.07) is 6.79. The van der Waals surface area contributed by atoms with Gasteiger partial charge in [0.25, 0.3) is 0 Å². The number of hydrogen-bond acceptors (Lipinski definition) is 2. The van der Waals surface area contributed by atoms with E-state index in [1.807, 2.05) is 0 Å². The van der Waals surface area contributed by atoms with Crippen molar-refractivity contribution in [3.8, 4) is 22.3 Å². The van der Waals surface area contributed by atoms with Crippen LogP contribution in [0.4, 0.5) is 0 Å². The van der Waals surface area contributed by atoms with Crippen LogP contribution >= 0.6 is 15.9 Å². The topological polar surface area (TPSA) is 26.3 Å². The summed E-state index contributed by atoms with van der Waals surface area (Å²) in [5, 5.41) is 2.67. The van der Waals surface area contributed by atoms with E-state index in [1.54, 1.807) is 0 Å². The van der Waals surface area contributed by atoms with Gasteiger partial charge in [0, 0.05) is 4.47 Å². The van der Waals surface area contributed by atoms with E-state index < -0.39 is 0 Å². The highest BCUT2D eigenvalue weighted by molar-refractivity contribution is 9.10. The number of halogens is 1. The van der Waals surface area contributed by atoms with Crippen molar-refractivity contribution >= 4 is 32.7 Å². The molecule has 3 aromatic carbocycles. The second-order valence-corrected chi connectivity index (χ2v) is 10.9. The van der Waals surface area contributed by atoms with Crippen LogP contribution < -0.4 is 0 Å². The molecule has 0 bridgehead atoms. The Kier molecular flexibility index (Phi) is 5.78. The lowest BCUT2D eigenvalue weighted by molar-refractivity contribution is 0.0600. The number of carbonyl (C=O) groups is 1. The van der Waals surface area contributed by atoms with Crippen LogP contribution in [0.1, 0.15) is 79.2 Å². The van der Waals surface area contributed by atoms with Crippen molar-refractivity contribution in [1.82, 2.24) is 0 Å². The van der Waals surface area contributed by atoms with Gasteiger partial charge < -0.3 is 4.74 Å². The van der Waals surface area contributed by atoms with Gasteiger partial charge in [0.05, 0.1) is 12.7 Å². The molecule has 0 unspecified atom stereocenters. The summed E-state index contributed by atoms with van der Waals surface area (Å²) >= 11 is 3.88. The lowest BCUT2D eigenvalue weighted by atomic mass is 9.80. The van der Waals surface area contributed by atoms with Gasteiger partial charge in [-0.3, -0.25) is 0 Å². The molecular weight excluding hydrogens is 460 g/mol. The molecule has 168 valence electrons. The molecule has 0 atom stereocenters. The summed E-state index contributed by atoms with van der Waals surface area (Å²) in [5.41, 5.74) is 12.2. The predicted octanol–water partition coefficient (Wildman–Crippen LogP) is 8.47. The van der Waals surface area contributed by atoms with Crippen LogP contribution in [0.15, 0.2) is 22.7 Å². The van der Waals surface area contributed by atoms with Gasteiger partial charge in [-0.1, -0.05) is 63.0 Å². The molecular formula is C29H33BrO2. The summed E-state index contributed by atoms with van der Waals surface area (Å²) in [6.45, 7) is 15.6. The van der Waals surface area contributed by atoms with Gasteiger partial charge in [0.2, 0.25) is 0 Å². The van der Waals surface area contributed by atoms with E-state index in [0.29, 0.717) is 5.56 Å². The molecule has 0 saturated heterocycles. The number of methoxy groups -OCH3 is 1. The second-order valence-electron chi connectivity index (χ2n) is 10.0. The van der Waals surface area contributed by atoms with Gasteiger partial charge in [-0.25, -0.2) is 4.79 Å². The number of ether oxygens (including phenoxy) is 1.